The van der Waals surface area contributed by atoms with E-state index in [1.54, 1.807) is 13.0 Å². The summed E-state index contributed by atoms with van der Waals surface area (Å²) in [5, 5.41) is 8.75. The molecular weight excluding hydrogens is 320 g/mol. The molecule has 0 fully saturated rings. The Morgan fingerprint density at radius 1 is 1.44 bits per heavy atom. The van der Waals surface area contributed by atoms with E-state index in [2.05, 4.69) is 15.9 Å². The number of sulfonamides is 1. The molecule has 0 atom stereocenters. The third-order valence-electron chi connectivity index (χ3n) is 2.68. The van der Waals surface area contributed by atoms with Crippen LogP contribution in [0, 0.1) is 6.92 Å². The third kappa shape index (κ3) is 3.23. The molecule has 0 aliphatic rings. The highest BCUT2D eigenvalue weighted by atomic mass is 79.9. The molecule has 7 heteroatoms. The Kier molecular flexibility index (Phi) is 5.15. The standard InChI is InChI=1S/C11H17BrN2O3S/c1-8-10(13)6-9(12)7-11(8)18(16,17)14(2)4-3-5-15/h6-7,15H,3-5,13H2,1-2H3. The number of hydrogen-bond acceptors (Lipinski definition) is 4. The van der Waals surface area contributed by atoms with Crippen molar-refractivity contribution in [2.24, 2.45) is 0 Å². The van der Waals surface area contributed by atoms with Crippen LogP contribution < -0.4 is 5.73 Å². The molecule has 5 nitrogen and oxygen atoms in total. The lowest BCUT2D eigenvalue weighted by atomic mass is 10.2. The second-order valence-electron chi connectivity index (χ2n) is 4.02. The van der Waals surface area contributed by atoms with Gasteiger partial charge < -0.3 is 10.8 Å². The maximum atomic E-state index is 12.3. The zero-order chi connectivity index (χ0) is 13.9. The molecule has 18 heavy (non-hydrogen) atoms. The van der Waals surface area contributed by atoms with Gasteiger partial charge in [-0.05, 0) is 31.0 Å². The molecule has 1 aromatic carbocycles. The van der Waals surface area contributed by atoms with Crippen LogP contribution in [0.25, 0.3) is 0 Å². The fourth-order valence-electron chi connectivity index (χ4n) is 1.52. The van der Waals surface area contributed by atoms with Crippen molar-refractivity contribution in [1.82, 2.24) is 4.31 Å². The number of aliphatic hydroxyl groups excluding tert-OH is 1. The summed E-state index contributed by atoms with van der Waals surface area (Å²) in [6, 6.07) is 3.21. The summed E-state index contributed by atoms with van der Waals surface area (Å²) in [5.41, 5.74) is 6.73. The molecular formula is C11H17BrN2O3S. The number of halogens is 1. The van der Waals surface area contributed by atoms with Gasteiger partial charge in [0.1, 0.15) is 0 Å². The van der Waals surface area contributed by atoms with Crippen molar-refractivity contribution in [1.29, 1.82) is 0 Å². The fraction of sp³-hybridized carbons (Fsp3) is 0.455. The average molecular weight is 337 g/mol. The van der Waals surface area contributed by atoms with Gasteiger partial charge in [0.15, 0.2) is 0 Å². The number of nitrogens with zero attached hydrogens (tertiary/aromatic N) is 1. The van der Waals surface area contributed by atoms with Crippen LogP contribution in [0.4, 0.5) is 5.69 Å². The zero-order valence-corrected chi connectivity index (χ0v) is 12.8. The molecule has 0 saturated carbocycles. The molecule has 0 saturated heterocycles. The van der Waals surface area contributed by atoms with E-state index in [1.165, 1.54) is 17.4 Å². The normalized spacial score (nSPS) is 12.1. The Hall–Kier alpha value is -0.630. The summed E-state index contributed by atoms with van der Waals surface area (Å²) in [4.78, 5) is 0.190. The summed E-state index contributed by atoms with van der Waals surface area (Å²) in [6.07, 6.45) is 0.401. The lowest BCUT2D eigenvalue weighted by Crippen LogP contribution is -2.29. The minimum Gasteiger partial charge on any atom is -0.398 e. The van der Waals surface area contributed by atoms with Crippen LogP contribution in [0.5, 0.6) is 0 Å². The molecule has 102 valence electrons. The molecule has 0 amide bonds. The third-order valence-corrected chi connectivity index (χ3v) is 5.13. The van der Waals surface area contributed by atoms with Crippen LogP contribution in [0.15, 0.2) is 21.5 Å². The molecule has 0 spiro atoms. The number of aliphatic hydroxyl groups is 1. The van der Waals surface area contributed by atoms with Crippen molar-refractivity contribution >= 4 is 31.6 Å². The molecule has 0 aliphatic heterocycles. The van der Waals surface area contributed by atoms with Gasteiger partial charge in [-0.1, -0.05) is 15.9 Å². The van der Waals surface area contributed by atoms with E-state index in [9.17, 15) is 8.42 Å². The van der Waals surface area contributed by atoms with E-state index < -0.39 is 10.0 Å². The first kappa shape index (κ1) is 15.4. The number of benzene rings is 1. The minimum absolute atomic E-state index is 0.0422. The maximum Gasteiger partial charge on any atom is 0.243 e. The Morgan fingerprint density at radius 2 is 2.06 bits per heavy atom. The van der Waals surface area contributed by atoms with Gasteiger partial charge >= 0.3 is 0 Å². The predicted molar refractivity (Wildman–Crippen MR) is 74.8 cm³/mol. The predicted octanol–water partition coefficient (Wildman–Crippen LogP) is 1.34. The van der Waals surface area contributed by atoms with Gasteiger partial charge in [-0.3, -0.25) is 0 Å². The second-order valence-corrected chi connectivity index (χ2v) is 6.95. The lowest BCUT2D eigenvalue weighted by Gasteiger charge is -2.19. The van der Waals surface area contributed by atoms with Crippen LogP contribution in [0.2, 0.25) is 0 Å². The molecule has 0 aliphatic carbocycles. The molecule has 3 N–H and O–H groups in total. The van der Waals surface area contributed by atoms with E-state index in [0.717, 1.165) is 0 Å². The van der Waals surface area contributed by atoms with Crippen LogP contribution in [-0.4, -0.2) is 38.0 Å². The largest absolute Gasteiger partial charge is 0.398 e. The van der Waals surface area contributed by atoms with Crippen LogP contribution in [-0.2, 0) is 10.0 Å². The van der Waals surface area contributed by atoms with Crippen LogP contribution in [0.3, 0.4) is 0 Å². The average Bonchev–Trinajstić information content (AvgIpc) is 2.30. The number of nitrogens with two attached hydrogens (primary N) is 1. The molecule has 0 unspecified atom stereocenters. The van der Waals surface area contributed by atoms with Crippen molar-refractivity contribution < 1.29 is 13.5 Å². The monoisotopic (exact) mass is 336 g/mol. The van der Waals surface area contributed by atoms with Gasteiger partial charge in [0.05, 0.1) is 4.90 Å². The summed E-state index contributed by atoms with van der Waals surface area (Å²) in [7, 11) is -2.09. The number of rotatable bonds is 5. The highest BCUT2D eigenvalue weighted by Crippen LogP contribution is 2.28. The first-order chi connectivity index (χ1) is 8.30. The van der Waals surface area contributed by atoms with Crippen molar-refractivity contribution in [3.05, 3.63) is 22.2 Å². The highest BCUT2D eigenvalue weighted by molar-refractivity contribution is 9.10. The van der Waals surface area contributed by atoms with Gasteiger partial charge in [0, 0.05) is 30.4 Å². The molecule has 1 aromatic rings. The summed E-state index contributed by atoms with van der Waals surface area (Å²) in [5.74, 6) is 0. The van der Waals surface area contributed by atoms with Crippen molar-refractivity contribution in [3.63, 3.8) is 0 Å². The maximum absolute atomic E-state index is 12.3. The van der Waals surface area contributed by atoms with Crippen molar-refractivity contribution in [3.8, 4) is 0 Å². The first-order valence-electron chi connectivity index (χ1n) is 5.43. The van der Waals surface area contributed by atoms with Gasteiger partial charge in [-0.2, -0.15) is 0 Å². The van der Waals surface area contributed by atoms with Crippen molar-refractivity contribution in [2.45, 2.75) is 18.2 Å². The summed E-state index contributed by atoms with van der Waals surface area (Å²) < 4.78 is 26.5. The minimum atomic E-state index is -3.57. The Bertz CT molecular complexity index is 531. The topological polar surface area (TPSA) is 83.6 Å². The van der Waals surface area contributed by atoms with E-state index in [0.29, 0.717) is 22.1 Å². The number of anilines is 1. The molecule has 0 aromatic heterocycles. The second kappa shape index (κ2) is 6.01. The van der Waals surface area contributed by atoms with Gasteiger partial charge in [0.25, 0.3) is 0 Å². The Morgan fingerprint density at radius 3 is 2.61 bits per heavy atom. The highest BCUT2D eigenvalue weighted by Gasteiger charge is 2.23. The smallest absolute Gasteiger partial charge is 0.243 e. The Labute approximate surface area is 116 Å². The van der Waals surface area contributed by atoms with Gasteiger partial charge in [0.2, 0.25) is 10.0 Å². The van der Waals surface area contributed by atoms with Crippen molar-refractivity contribution in [2.75, 3.05) is 25.9 Å². The molecule has 0 heterocycles. The van der Waals surface area contributed by atoms with Crippen LogP contribution >= 0.6 is 15.9 Å². The summed E-state index contributed by atoms with van der Waals surface area (Å²) >= 11 is 3.24. The zero-order valence-electron chi connectivity index (χ0n) is 10.4. The van der Waals surface area contributed by atoms with Crippen LogP contribution in [0.1, 0.15) is 12.0 Å². The number of hydrogen-bond donors (Lipinski definition) is 2. The molecule has 1 rings (SSSR count). The SMILES string of the molecule is Cc1c(N)cc(Br)cc1S(=O)(=O)N(C)CCCO. The summed E-state index contributed by atoms with van der Waals surface area (Å²) in [6.45, 7) is 1.90. The van der Waals surface area contributed by atoms with E-state index in [-0.39, 0.29) is 18.0 Å². The van der Waals surface area contributed by atoms with E-state index in [1.807, 2.05) is 0 Å². The first-order valence-corrected chi connectivity index (χ1v) is 7.67. The molecule has 0 radical (unpaired) electrons. The molecule has 0 bridgehead atoms. The van der Waals surface area contributed by atoms with E-state index >= 15 is 0 Å². The van der Waals surface area contributed by atoms with Gasteiger partial charge in [-0.25, -0.2) is 12.7 Å². The Balaban J connectivity index is 3.20. The lowest BCUT2D eigenvalue weighted by molar-refractivity contribution is 0.275. The quantitative estimate of drug-likeness (QED) is 0.795. The van der Waals surface area contributed by atoms with E-state index in [4.69, 9.17) is 10.8 Å². The number of nitrogen functional groups attached to an aromatic ring is 1. The van der Waals surface area contributed by atoms with Gasteiger partial charge in [-0.15, -0.1) is 0 Å². The fourth-order valence-corrected chi connectivity index (χ4v) is 3.64.